The van der Waals surface area contributed by atoms with E-state index in [1.807, 2.05) is 12.1 Å². The number of nitrogens with one attached hydrogen (secondary N) is 1. The maximum atomic E-state index is 12.3. The molecule has 0 radical (unpaired) electrons. The Kier molecular flexibility index (Phi) is 13.4. The van der Waals surface area contributed by atoms with Crippen molar-refractivity contribution in [2.24, 2.45) is 5.41 Å². The molecule has 0 aliphatic carbocycles. The molecule has 0 aliphatic rings. The van der Waals surface area contributed by atoms with Gasteiger partial charge in [0.1, 0.15) is 6.10 Å². The quantitative estimate of drug-likeness (QED) is 0.254. The Hall–Kier alpha value is -1.93. The zero-order valence-corrected chi connectivity index (χ0v) is 22.3. The number of ether oxygens (including phenoxy) is 2. The van der Waals surface area contributed by atoms with Gasteiger partial charge in [-0.05, 0) is 81.4 Å². The molecule has 8 heteroatoms. The number of hydrogen-bond donors (Lipinski definition) is 1. The standard InChI is InChI=1S/C26H43NO6S/c1-6-32-25(29)23-16-14-22(15-17-23)11-10-19-27-34(30,31)20-8-7-12-24(33-21(2)28)13-9-18-26(3,4)5/h14-17,24,27H,6-13,18-20H2,1-5H3. The average molecular weight is 498 g/mol. The summed E-state index contributed by atoms with van der Waals surface area (Å²) in [6.07, 6.45) is 5.98. The third kappa shape index (κ3) is 14.4. The highest BCUT2D eigenvalue weighted by atomic mass is 32.2. The van der Waals surface area contributed by atoms with Crippen LogP contribution in [0.4, 0.5) is 0 Å². The molecule has 1 unspecified atom stereocenters. The summed E-state index contributed by atoms with van der Waals surface area (Å²) in [7, 11) is -3.34. The minimum Gasteiger partial charge on any atom is -0.463 e. The molecule has 0 spiro atoms. The Balaban J connectivity index is 2.30. The van der Waals surface area contributed by atoms with Gasteiger partial charge in [-0.3, -0.25) is 4.79 Å². The molecule has 194 valence electrons. The zero-order chi connectivity index (χ0) is 25.6. The molecule has 1 atom stereocenters. The summed E-state index contributed by atoms with van der Waals surface area (Å²) in [6, 6.07) is 7.18. The molecule has 0 aliphatic heterocycles. The molecule has 34 heavy (non-hydrogen) atoms. The normalized spacial score (nSPS) is 12.9. The van der Waals surface area contributed by atoms with Gasteiger partial charge in [-0.15, -0.1) is 0 Å². The van der Waals surface area contributed by atoms with Crippen molar-refractivity contribution in [2.45, 2.75) is 92.1 Å². The molecular formula is C26H43NO6S. The van der Waals surface area contributed by atoms with Crippen molar-refractivity contribution in [1.29, 1.82) is 0 Å². The first-order chi connectivity index (χ1) is 15.9. The van der Waals surface area contributed by atoms with E-state index < -0.39 is 10.0 Å². The van der Waals surface area contributed by atoms with Gasteiger partial charge in [-0.1, -0.05) is 32.9 Å². The number of hydrogen-bond acceptors (Lipinski definition) is 6. The van der Waals surface area contributed by atoms with Crippen molar-refractivity contribution >= 4 is 22.0 Å². The third-order valence-electron chi connectivity index (χ3n) is 5.40. The van der Waals surface area contributed by atoms with Crippen molar-refractivity contribution in [3.63, 3.8) is 0 Å². The molecule has 0 saturated heterocycles. The first-order valence-corrected chi connectivity index (χ1v) is 14.0. The maximum absolute atomic E-state index is 12.3. The van der Waals surface area contributed by atoms with E-state index in [-0.39, 0.29) is 29.2 Å². The van der Waals surface area contributed by atoms with Crippen molar-refractivity contribution in [3.8, 4) is 0 Å². The molecule has 1 N–H and O–H groups in total. The Morgan fingerprint density at radius 3 is 2.24 bits per heavy atom. The highest BCUT2D eigenvalue weighted by molar-refractivity contribution is 7.89. The van der Waals surface area contributed by atoms with Gasteiger partial charge in [0, 0.05) is 13.5 Å². The van der Waals surface area contributed by atoms with Crippen molar-refractivity contribution < 1.29 is 27.5 Å². The highest BCUT2D eigenvalue weighted by Gasteiger charge is 2.16. The summed E-state index contributed by atoms with van der Waals surface area (Å²) in [4.78, 5) is 23.1. The molecule has 0 heterocycles. The second-order valence-electron chi connectivity index (χ2n) is 9.91. The van der Waals surface area contributed by atoms with Crippen LogP contribution in [-0.2, 0) is 30.7 Å². The number of benzene rings is 1. The summed E-state index contributed by atoms with van der Waals surface area (Å²) >= 11 is 0. The molecule has 7 nitrogen and oxygen atoms in total. The van der Waals surface area contributed by atoms with Gasteiger partial charge >= 0.3 is 11.9 Å². The van der Waals surface area contributed by atoms with E-state index in [2.05, 4.69) is 25.5 Å². The third-order valence-corrected chi connectivity index (χ3v) is 6.87. The van der Waals surface area contributed by atoms with Crippen LogP contribution in [0.15, 0.2) is 24.3 Å². The minimum atomic E-state index is -3.34. The first kappa shape index (κ1) is 30.1. The Bertz CT molecular complexity index is 843. The number of unbranched alkanes of at least 4 members (excludes halogenated alkanes) is 1. The van der Waals surface area contributed by atoms with Gasteiger partial charge in [0.25, 0.3) is 0 Å². The fourth-order valence-corrected chi connectivity index (χ4v) is 4.82. The fourth-order valence-electron chi connectivity index (χ4n) is 3.64. The van der Waals surface area contributed by atoms with Gasteiger partial charge < -0.3 is 9.47 Å². The Labute approximate surface area is 206 Å². The number of carbonyl (C=O) groups is 2. The smallest absolute Gasteiger partial charge is 0.338 e. The fraction of sp³-hybridized carbons (Fsp3) is 0.692. The van der Waals surface area contributed by atoms with E-state index >= 15 is 0 Å². The van der Waals surface area contributed by atoms with Gasteiger partial charge in [0.15, 0.2) is 0 Å². The van der Waals surface area contributed by atoms with E-state index in [4.69, 9.17) is 9.47 Å². The molecule has 1 aromatic rings. The summed E-state index contributed by atoms with van der Waals surface area (Å²) in [5, 5.41) is 0. The lowest BCUT2D eigenvalue weighted by Gasteiger charge is -2.21. The van der Waals surface area contributed by atoms with Crippen LogP contribution >= 0.6 is 0 Å². The number of rotatable bonds is 16. The predicted octanol–water partition coefficient (Wildman–Crippen LogP) is 5.03. The number of sulfonamides is 1. The Morgan fingerprint density at radius 1 is 1.00 bits per heavy atom. The van der Waals surface area contributed by atoms with Gasteiger partial charge in [0.05, 0.1) is 17.9 Å². The van der Waals surface area contributed by atoms with Crippen LogP contribution in [-0.4, -0.2) is 45.4 Å². The predicted molar refractivity (Wildman–Crippen MR) is 135 cm³/mol. The minimum absolute atomic E-state index is 0.0655. The van der Waals surface area contributed by atoms with Crippen molar-refractivity contribution in [3.05, 3.63) is 35.4 Å². The van der Waals surface area contributed by atoms with Crippen molar-refractivity contribution in [2.75, 3.05) is 18.9 Å². The lowest BCUT2D eigenvalue weighted by molar-refractivity contribution is -0.147. The number of aryl methyl sites for hydroxylation is 1. The molecule has 0 amide bonds. The number of esters is 2. The number of carbonyl (C=O) groups excluding carboxylic acids is 2. The molecular weight excluding hydrogens is 454 g/mol. The van der Waals surface area contributed by atoms with Crippen LogP contribution in [0.1, 0.15) is 95.5 Å². The molecule has 0 bridgehead atoms. The molecule has 0 aromatic heterocycles. The summed E-state index contributed by atoms with van der Waals surface area (Å²) < 4.78 is 37.6. The summed E-state index contributed by atoms with van der Waals surface area (Å²) in [5.74, 6) is -0.563. The van der Waals surface area contributed by atoms with Crippen LogP contribution in [0.2, 0.25) is 0 Å². The van der Waals surface area contributed by atoms with Crippen molar-refractivity contribution in [1.82, 2.24) is 4.72 Å². The summed E-state index contributed by atoms with van der Waals surface area (Å²) in [5.41, 5.74) is 1.79. The van der Waals surface area contributed by atoms with Gasteiger partial charge in [-0.25, -0.2) is 17.9 Å². The van der Waals surface area contributed by atoms with E-state index in [1.54, 1.807) is 19.1 Å². The van der Waals surface area contributed by atoms with Gasteiger partial charge in [-0.2, -0.15) is 0 Å². The lowest BCUT2D eigenvalue weighted by Crippen LogP contribution is -2.27. The van der Waals surface area contributed by atoms with Crippen LogP contribution in [0, 0.1) is 5.41 Å². The largest absolute Gasteiger partial charge is 0.463 e. The monoisotopic (exact) mass is 497 g/mol. The molecule has 1 aromatic carbocycles. The Morgan fingerprint density at radius 2 is 1.65 bits per heavy atom. The first-order valence-electron chi connectivity index (χ1n) is 12.3. The second kappa shape index (κ2) is 15.1. The SMILES string of the molecule is CCOC(=O)c1ccc(CCCNS(=O)(=O)CCCCC(CCCC(C)(C)C)OC(C)=O)cc1. The van der Waals surface area contributed by atoms with E-state index in [0.717, 1.165) is 24.8 Å². The average Bonchev–Trinajstić information content (AvgIpc) is 2.73. The maximum Gasteiger partial charge on any atom is 0.338 e. The topological polar surface area (TPSA) is 98.8 Å². The second-order valence-corrected chi connectivity index (χ2v) is 11.8. The van der Waals surface area contributed by atoms with Gasteiger partial charge in [0.2, 0.25) is 10.0 Å². The van der Waals surface area contributed by atoms with E-state index in [1.165, 1.54) is 6.92 Å². The van der Waals surface area contributed by atoms with Crippen LogP contribution in [0.5, 0.6) is 0 Å². The lowest BCUT2D eigenvalue weighted by atomic mass is 9.89. The van der Waals surface area contributed by atoms with E-state index in [0.29, 0.717) is 50.8 Å². The highest BCUT2D eigenvalue weighted by Crippen LogP contribution is 2.23. The van der Waals surface area contributed by atoms with E-state index in [9.17, 15) is 18.0 Å². The molecule has 0 saturated carbocycles. The molecule has 1 rings (SSSR count). The van der Waals surface area contributed by atoms with Crippen LogP contribution in [0.3, 0.4) is 0 Å². The summed E-state index contributed by atoms with van der Waals surface area (Å²) in [6.45, 7) is 10.5. The van der Waals surface area contributed by atoms with Crippen LogP contribution < -0.4 is 4.72 Å². The van der Waals surface area contributed by atoms with Crippen LogP contribution in [0.25, 0.3) is 0 Å². The zero-order valence-electron chi connectivity index (χ0n) is 21.5. The molecule has 0 fully saturated rings.